The number of carbonyl (C=O) groups is 1. The molecule has 1 aliphatic rings. The summed E-state index contributed by atoms with van der Waals surface area (Å²) in [4.78, 5) is 11.3. The van der Waals surface area contributed by atoms with E-state index in [2.05, 4.69) is 5.32 Å². The van der Waals surface area contributed by atoms with E-state index < -0.39 is 0 Å². The maximum absolute atomic E-state index is 11.3. The van der Waals surface area contributed by atoms with Crippen LogP contribution in [0.5, 0.6) is 0 Å². The topological polar surface area (TPSA) is 29.1 Å². The number of halogens is 1. The van der Waals surface area contributed by atoms with E-state index >= 15 is 0 Å². The normalized spacial score (nSPS) is 20.8. The van der Waals surface area contributed by atoms with E-state index in [4.69, 9.17) is 11.6 Å². The number of alkyl halides is 1. The van der Waals surface area contributed by atoms with Gasteiger partial charge in [0.25, 0.3) is 0 Å². The fraction of sp³-hybridized carbons (Fsp3) is 0.889. The van der Waals surface area contributed by atoms with Crippen LogP contribution in [0.3, 0.4) is 0 Å². The molecule has 1 atom stereocenters. The molecule has 1 N–H and O–H groups in total. The van der Waals surface area contributed by atoms with Gasteiger partial charge in [-0.1, -0.05) is 19.8 Å². The molecule has 0 aromatic carbocycles. The fourth-order valence-electron chi connectivity index (χ4n) is 1.55. The van der Waals surface area contributed by atoms with Crippen LogP contribution in [0, 0.1) is 0 Å². The first-order chi connectivity index (χ1) is 5.74. The van der Waals surface area contributed by atoms with E-state index in [1.165, 1.54) is 12.8 Å². The molecule has 2 nitrogen and oxygen atoms in total. The summed E-state index contributed by atoms with van der Waals surface area (Å²) in [5.41, 5.74) is 0. The van der Waals surface area contributed by atoms with Crippen molar-refractivity contribution in [2.75, 3.05) is 0 Å². The van der Waals surface area contributed by atoms with E-state index in [9.17, 15) is 4.79 Å². The average Bonchev–Trinajstić information content (AvgIpc) is 2.55. The molecule has 70 valence electrons. The number of hydrogen-bond acceptors (Lipinski definition) is 1. The maximum atomic E-state index is 11.3. The molecule has 1 saturated carbocycles. The lowest BCUT2D eigenvalue weighted by Gasteiger charge is -2.13. The highest BCUT2D eigenvalue weighted by molar-refractivity contribution is 6.30. The van der Waals surface area contributed by atoms with E-state index in [1.54, 1.807) is 0 Å². The number of rotatable bonds is 3. The molecule has 0 radical (unpaired) electrons. The zero-order valence-corrected chi connectivity index (χ0v) is 8.23. The molecule has 0 aromatic rings. The number of carbonyl (C=O) groups excluding carboxylic acids is 1. The molecular weight excluding hydrogens is 174 g/mol. The summed E-state index contributed by atoms with van der Waals surface area (Å²) in [5.74, 6) is 0.00562. The summed E-state index contributed by atoms with van der Waals surface area (Å²) in [5, 5.41) is 2.62. The lowest BCUT2D eigenvalue weighted by atomic mass is 10.2. The van der Waals surface area contributed by atoms with Crippen LogP contribution in [0.1, 0.15) is 39.0 Å². The summed E-state index contributed by atoms with van der Waals surface area (Å²) in [6, 6.07) is 0.394. The van der Waals surface area contributed by atoms with Gasteiger partial charge >= 0.3 is 0 Å². The molecule has 0 bridgehead atoms. The minimum atomic E-state index is -0.342. The number of hydrogen-bond donors (Lipinski definition) is 1. The van der Waals surface area contributed by atoms with Crippen molar-refractivity contribution in [3.05, 3.63) is 0 Å². The maximum Gasteiger partial charge on any atom is 0.238 e. The number of amides is 1. The van der Waals surface area contributed by atoms with Gasteiger partial charge in [-0.05, 0) is 19.3 Å². The van der Waals surface area contributed by atoms with Crippen molar-refractivity contribution in [2.45, 2.75) is 50.4 Å². The molecule has 0 spiro atoms. The monoisotopic (exact) mass is 189 g/mol. The number of nitrogens with one attached hydrogen (secondary N) is 1. The highest BCUT2D eigenvalue weighted by Gasteiger charge is 2.20. The van der Waals surface area contributed by atoms with Crippen LogP contribution in [-0.2, 0) is 4.79 Å². The van der Waals surface area contributed by atoms with Crippen molar-refractivity contribution in [1.82, 2.24) is 5.32 Å². The van der Waals surface area contributed by atoms with Crippen LogP contribution >= 0.6 is 11.6 Å². The van der Waals surface area contributed by atoms with E-state index in [0.29, 0.717) is 12.5 Å². The van der Waals surface area contributed by atoms with Gasteiger partial charge in [0, 0.05) is 6.04 Å². The zero-order chi connectivity index (χ0) is 8.97. The van der Waals surface area contributed by atoms with Crippen molar-refractivity contribution in [1.29, 1.82) is 0 Å². The van der Waals surface area contributed by atoms with E-state index in [-0.39, 0.29) is 11.3 Å². The van der Waals surface area contributed by atoms with Crippen molar-refractivity contribution >= 4 is 17.5 Å². The summed E-state index contributed by atoms with van der Waals surface area (Å²) in [7, 11) is 0. The summed E-state index contributed by atoms with van der Waals surface area (Å²) >= 11 is 5.78. The minimum Gasteiger partial charge on any atom is -0.352 e. The Morgan fingerprint density at radius 1 is 1.58 bits per heavy atom. The predicted molar refractivity (Wildman–Crippen MR) is 50.3 cm³/mol. The summed E-state index contributed by atoms with van der Waals surface area (Å²) in [6.45, 7) is 1.92. The predicted octanol–water partition coefficient (Wildman–Crippen LogP) is 2.06. The highest BCUT2D eigenvalue weighted by Crippen LogP contribution is 2.18. The highest BCUT2D eigenvalue weighted by atomic mass is 35.5. The van der Waals surface area contributed by atoms with Gasteiger partial charge in [-0.15, -0.1) is 11.6 Å². The quantitative estimate of drug-likeness (QED) is 0.677. The van der Waals surface area contributed by atoms with Crippen molar-refractivity contribution in [2.24, 2.45) is 0 Å². The third-order valence-electron chi connectivity index (χ3n) is 2.34. The van der Waals surface area contributed by atoms with Crippen molar-refractivity contribution < 1.29 is 4.79 Å². The van der Waals surface area contributed by atoms with Crippen LogP contribution in [0.15, 0.2) is 0 Å². The fourth-order valence-corrected chi connectivity index (χ4v) is 1.61. The molecule has 0 saturated heterocycles. The first kappa shape index (κ1) is 9.85. The van der Waals surface area contributed by atoms with Crippen LogP contribution in [0.2, 0.25) is 0 Å². The van der Waals surface area contributed by atoms with Crippen LogP contribution < -0.4 is 5.32 Å². The lowest BCUT2D eigenvalue weighted by Crippen LogP contribution is -2.37. The van der Waals surface area contributed by atoms with E-state index in [0.717, 1.165) is 12.8 Å². The molecule has 1 unspecified atom stereocenters. The van der Waals surface area contributed by atoms with Gasteiger partial charge in [0.05, 0.1) is 0 Å². The SMILES string of the molecule is CCC(Cl)C(=O)NC1CCCC1. The second-order valence-electron chi connectivity index (χ2n) is 3.37. The average molecular weight is 190 g/mol. The Bertz CT molecular complexity index is 155. The molecule has 0 aromatic heterocycles. The second kappa shape index (κ2) is 4.70. The molecule has 1 fully saturated rings. The molecule has 1 aliphatic carbocycles. The molecule has 3 heteroatoms. The molecule has 1 rings (SSSR count). The third-order valence-corrected chi connectivity index (χ3v) is 2.85. The van der Waals surface area contributed by atoms with Crippen molar-refractivity contribution in [3.63, 3.8) is 0 Å². The molecule has 1 amide bonds. The molecule has 0 heterocycles. The van der Waals surface area contributed by atoms with Gasteiger partial charge in [0.15, 0.2) is 0 Å². The summed E-state index contributed by atoms with van der Waals surface area (Å²) in [6.07, 6.45) is 5.44. The smallest absolute Gasteiger partial charge is 0.238 e. The molecule has 0 aliphatic heterocycles. The largest absolute Gasteiger partial charge is 0.352 e. The standard InChI is InChI=1S/C9H16ClNO/c1-2-8(10)9(12)11-7-5-3-4-6-7/h7-8H,2-6H2,1H3,(H,11,12). The van der Waals surface area contributed by atoms with Gasteiger partial charge in [0.2, 0.25) is 5.91 Å². The Balaban J connectivity index is 2.25. The van der Waals surface area contributed by atoms with Crippen LogP contribution in [0.4, 0.5) is 0 Å². The van der Waals surface area contributed by atoms with Gasteiger partial charge in [-0.2, -0.15) is 0 Å². The molecular formula is C9H16ClNO. The van der Waals surface area contributed by atoms with Gasteiger partial charge in [0.1, 0.15) is 5.38 Å². The Kier molecular flexibility index (Phi) is 3.86. The van der Waals surface area contributed by atoms with Crippen LogP contribution in [0.25, 0.3) is 0 Å². The second-order valence-corrected chi connectivity index (χ2v) is 3.89. The first-order valence-corrected chi connectivity index (χ1v) is 5.12. The zero-order valence-electron chi connectivity index (χ0n) is 7.48. The first-order valence-electron chi connectivity index (χ1n) is 4.68. The summed E-state index contributed by atoms with van der Waals surface area (Å²) < 4.78 is 0. The Hall–Kier alpha value is -0.240. The Morgan fingerprint density at radius 3 is 2.67 bits per heavy atom. The van der Waals surface area contributed by atoms with Crippen LogP contribution in [-0.4, -0.2) is 17.3 Å². The van der Waals surface area contributed by atoms with Gasteiger partial charge in [-0.3, -0.25) is 4.79 Å². The van der Waals surface area contributed by atoms with E-state index in [1.807, 2.05) is 6.92 Å². The van der Waals surface area contributed by atoms with Crippen molar-refractivity contribution in [3.8, 4) is 0 Å². The minimum absolute atomic E-state index is 0.00562. The third kappa shape index (κ3) is 2.67. The van der Waals surface area contributed by atoms with Gasteiger partial charge in [-0.25, -0.2) is 0 Å². The van der Waals surface area contributed by atoms with Gasteiger partial charge < -0.3 is 5.32 Å². The molecule has 12 heavy (non-hydrogen) atoms. The Morgan fingerprint density at radius 2 is 2.17 bits per heavy atom. The Labute approximate surface area is 78.7 Å². The lowest BCUT2D eigenvalue weighted by molar-refractivity contribution is -0.121.